The molecule has 0 aliphatic rings. The number of H-pyrrole nitrogens is 1. The summed E-state index contributed by atoms with van der Waals surface area (Å²) in [5.74, 6) is -0.347. The number of carbonyl (C=O) groups is 1. The van der Waals surface area contributed by atoms with Gasteiger partial charge in [0.1, 0.15) is 5.69 Å². The maximum absolute atomic E-state index is 12.3. The summed E-state index contributed by atoms with van der Waals surface area (Å²) in [5.41, 5.74) is 3.11. The van der Waals surface area contributed by atoms with E-state index in [0.29, 0.717) is 12.3 Å². The minimum absolute atomic E-state index is 0.342. The van der Waals surface area contributed by atoms with Gasteiger partial charge in [-0.3, -0.25) is 0 Å². The summed E-state index contributed by atoms with van der Waals surface area (Å²) in [6, 6.07) is 7.84. The van der Waals surface area contributed by atoms with Crippen molar-refractivity contribution in [2.24, 2.45) is 7.05 Å². The zero-order chi connectivity index (χ0) is 15.7. The summed E-state index contributed by atoms with van der Waals surface area (Å²) < 4.78 is 7.18. The van der Waals surface area contributed by atoms with Crippen LogP contribution in [0.25, 0.3) is 22.2 Å². The van der Waals surface area contributed by atoms with Crippen LogP contribution in [0, 0.1) is 0 Å². The minimum atomic E-state index is -0.347. The lowest BCUT2D eigenvalue weighted by atomic mass is 10.1. The van der Waals surface area contributed by atoms with Gasteiger partial charge in [0.25, 0.3) is 0 Å². The van der Waals surface area contributed by atoms with E-state index in [1.807, 2.05) is 42.1 Å². The van der Waals surface area contributed by atoms with Gasteiger partial charge in [0.05, 0.1) is 18.5 Å². The molecule has 2 aromatic heterocycles. The van der Waals surface area contributed by atoms with Crippen molar-refractivity contribution >= 4 is 28.6 Å². The fourth-order valence-corrected chi connectivity index (χ4v) is 3.11. The van der Waals surface area contributed by atoms with Gasteiger partial charge in [-0.25, -0.2) is 9.78 Å². The highest BCUT2D eigenvalue weighted by Crippen LogP contribution is 2.34. The molecule has 2 heterocycles. The van der Waals surface area contributed by atoms with E-state index in [2.05, 4.69) is 9.97 Å². The highest BCUT2D eigenvalue weighted by atomic mass is 32.2. The van der Waals surface area contributed by atoms with Crippen LogP contribution in [0.2, 0.25) is 0 Å². The normalized spacial score (nSPS) is 11.0. The Bertz CT molecular complexity index is 835. The number of nitrogens with one attached hydrogen (secondary N) is 1. The smallest absolute Gasteiger partial charge is 0.355 e. The molecule has 0 saturated heterocycles. The van der Waals surface area contributed by atoms with Gasteiger partial charge in [0, 0.05) is 23.5 Å². The quantitative estimate of drug-likeness (QED) is 0.591. The monoisotopic (exact) mass is 315 g/mol. The number of rotatable bonds is 4. The van der Waals surface area contributed by atoms with E-state index in [-0.39, 0.29) is 5.97 Å². The van der Waals surface area contributed by atoms with Gasteiger partial charge in [-0.05, 0) is 19.2 Å². The lowest BCUT2D eigenvalue weighted by Crippen LogP contribution is -2.07. The Morgan fingerprint density at radius 1 is 1.41 bits per heavy atom. The predicted octanol–water partition coefficient (Wildman–Crippen LogP) is 3.47. The summed E-state index contributed by atoms with van der Waals surface area (Å²) in [7, 11) is 1.95. The number of esters is 1. The first-order chi connectivity index (χ1) is 10.7. The zero-order valence-corrected chi connectivity index (χ0v) is 13.5. The van der Waals surface area contributed by atoms with Crippen LogP contribution < -0.4 is 0 Å². The molecule has 22 heavy (non-hydrogen) atoms. The number of nitrogens with zero attached hydrogens (tertiary/aromatic N) is 2. The number of hydrogen-bond acceptors (Lipinski definition) is 4. The van der Waals surface area contributed by atoms with Crippen LogP contribution in [-0.2, 0) is 11.8 Å². The molecule has 3 aromatic rings. The minimum Gasteiger partial charge on any atom is -0.461 e. The molecular formula is C16H17N3O2S. The van der Waals surface area contributed by atoms with Crippen molar-refractivity contribution in [2.75, 3.05) is 12.9 Å². The van der Waals surface area contributed by atoms with Crippen LogP contribution in [0.15, 0.2) is 35.6 Å². The number of ether oxygens (including phenoxy) is 1. The van der Waals surface area contributed by atoms with Crippen molar-refractivity contribution in [3.05, 3.63) is 36.2 Å². The van der Waals surface area contributed by atoms with Gasteiger partial charge in [0.15, 0.2) is 5.16 Å². The number of thioether (sulfide) groups is 1. The number of aromatic nitrogens is 3. The highest BCUT2D eigenvalue weighted by molar-refractivity contribution is 7.98. The molecule has 6 heteroatoms. The largest absolute Gasteiger partial charge is 0.461 e. The lowest BCUT2D eigenvalue weighted by Gasteiger charge is -2.06. The summed E-state index contributed by atoms with van der Waals surface area (Å²) in [4.78, 5) is 19.9. The van der Waals surface area contributed by atoms with E-state index < -0.39 is 0 Å². The molecule has 114 valence electrons. The average molecular weight is 315 g/mol. The van der Waals surface area contributed by atoms with Crippen LogP contribution in [-0.4, -0.2) is 33.4 Å². The van der Waals surface area contributed by atoms with Gasteiger partial charge < -0.3 is 14.3 Å². The number of benzene rings is 1. The summed E-state index contributed by atoms with van der Waals surface area (Å²) >= 11 is 1.57. The number of aromatic amines is 1. The van der Waals surface area contributed by atoms with E-state index in [4.69, 9.17) is 4.74 Å². The van der Waals surface area contributed by atoms with Crippen molar-refractivity contribution in [1.29, 1.82) is 0 Å². The first-order valence-electron chi connectivity index (χ1n) is 7.01. The predicted molar refractivity (Wildman–Crippen MR) is 88.2 cm³/mol. The molecule has 0 fully saturated rings. The van der Waals surface area contributed by atoms with E-state index in [0.717, 1.165) is 27.3 Å². The van der Waals surface area contributed by atoms with Crippen LogP contribution in [0.4, 0.5) is 0 Å². The Morgan fingerprint density at radius 2 is 2.18 bits per heavy atom. The molecule has 0 aliphatic carbocycles. The van der Waals surface area contributed by atoms with Crippen molar-refractivity contribution < 1.29 is 9.53 Å². The molecule has 0 aliphatic heterocycles. The van der Waals surface area contributed by atoms with Crippen LogP contribution in [0.1, 0.15) is 17.4 Å². The molecule has 0 atom stereocenters. The third kappa shape index (κ3) is 2.29. The number of imidazole rings is 1. The van der Waals surface area contributed by atoms with E-state index >= 15 is 0 Å². The van der Waals surface area contributed by atoms with Gasteiger partial charge in [-0.2, -0.15) is 0 Å². The number of carbonyl (C=O) groups excluding carboxylic acids is 1. The van der Waals surface area contributed by atoms with Crippen LogP contribution >= 0.6 is 11.8 Å². The maximum Gasteiger partial charge on any atom is 0.355 e. The molecule has 0 spiro atoms. The van der Waals surface area contributed by atoms with Crippen molar-refractivity contribution in [1.82, 2.24) is 14.5 Å². The molecule has 0 radical (unpaired) electrons. The molecule has 0 amide bonds. The topological polar surface area (TPSA) is 59.9 Å². The first kappa shape index (κ1) is 14.7. The zero-order valence-electron chi connectivity index (χ0n) is 12.7. The first-order valence-corrected chi connectivity index (χ1v) is 8.23. The number of fused-ring (bicyclic) bond motifs is 1. The summed E-state index contributed by atoms with van der Waals surface area (Å²) in [5, 5.41) is 1.89. The second kappa shape index (κ2) is 5.88. The highest BCUT2D eigenvalue weighted by Gasteiger charge is 2.22. The van der Waals surface area contributed by atoms with Gasteiger partial charge in [-0.15, -0.1) is 0 Å². The number of hydrogen-bond donors (Lipinski definition) is 1. The van der Waals surface area contributed by atoms with Crippen LogP contribution in [0.3, 0.4) is 0 Å². The Kier molecular flexibility index (Phi) is 3.94. The van der Waals surface area contributed by atoms with Crippen molar-refractivity contribution in [2.45, 2.75) is 12.1 Å². The third-order valence-corrected chi connectivity index (χ3v) is 4.31. The second-order valence-electron chi connectivity index (χ2n) is 4.83. The van der Waals surface area contributed by atoms with E-state index in [1.165, 1.54) is 0 Å². The van der Waals surface area contributed by atoms with Gasteiger partial charge in [0.2, 0.25) is 0 Å². The molecule has 1 aromatic carbocycles. The van der Waals surface area contributed by atoms with Crippen molar-refractivity contribution in [3.63, 3.8) is 0 Å². The van der Waals surface area contributed by atoms with Crippen molar-refractivity contribution in [3.8, 4) is 11.3 Å². The van der Waals surface area contributed by atoms with E-state index in [9.17, 15) is 4.79 Å². The van der Waals surface area contributed by atoms with Gasteiger partial charge >= 0.3 is 5.97 Å². The Morgan fingerprint density at radius 3 is 2.86 bits per heavy atom. The van der Waals surface area contributed by atoms with Crippen LogP contribution in [0.5, 0.6) is 0 Å². The molecule has 3 rings (SSSR count). The number of para-hydroxylation sites is 1. The Balaban J connectivity index is 2.27. The third-order valence-electron chi connectivity index (χ3n) is 3.57. The second-order valence-corrected chi connectivity index (χ2v) is 5.60. The Labute approximate surface area is 132 Å². The fraction of sp³-hybridized carbons (Fsp3) is 0.250. The molecule has 0 unspecified atom stereocenters. The molecular weight excluding hydrogens is 298 g/mol. The fourth-order valence-electron chi connectivity index (χ4n) is 2.58. The summed E-state index contributed by atoms with van der Waals surface area (Å²) in [6.45, 7) is 2.14. The standard InChI is InChI=1S/C16H17N3O2S/c1-4-21-15(20)14-13(10-7-5-6-8-11(10)18-14)12-9-17-16(22-3)19(12)2/h5-9,18H,4H2,1-3H3. The maximum atomic E-state index is 12.3. The Hall–Kier alpha value is -2.21. The van der Waals surface area contributed by atoms with E-state index in [1.54, 1.807) is 24.9 Å². The molecule has 5 nitrogen and oxygen atoms in total. The van der Waals surface area contributed by atoms with Gasteiger partial charge in [-0.1, -0.05) is 30.0 Å². The SMILES string of the molecule is CCOC(=O)c1[nH]c2ccccc2c1-c1cnc(SC)n1C. The average Bonchev–Trinajstić information content (AvgIpc) is 3.07. The molecule has 0 bridgehead atoms. The molecule has 1 N–H and O–H groups in total. The summed E-state index contributed by atoms with van der Waals surface area (Å²) in [6.07, 6.45) is 3.78. The molecule has 0 saturated carbocycles. The lowest BCUT2D eigenvalue weighted by molar-refractivity contribution is 0.0521.